The minimum Gasteiger partial charge on any atom is -0.697 e. The second-order valence-corrected chi connectivity index (χ2v) is 12.4. The average Bonchev–Trinajstić information content (AvgIpc) is 3.66. The summed E-state index contributed by atoms with van der Waals surface area (Å²) in [6, 6.07) is 14.9. The number of carboxylic acids is 3. The van der Waals surface area contributed by atoms with Gasteiger partial charge < -0.3 is 33.7 Å². The summed E-state index contributed by atoms with van der Waals surface area (Å²) >= 11 is 5.26. The number of unbranched alkanes of at least 4 members (excludes halogenated alkanes) is 2. The molecule has 0 radical (unpaired) electrons. The van der Waals surface area contributed by atoms with Gasteiger partial charge in [0.15, 0.2) is 0 Å². The van der Waals surface area contributed by atoms with Gasteiger partial charge >= 0.3 is 43.6 Å². The zero-order valence-corrected chi connectivity index (χ0v) is 32.8. The number of hydrogen-bond donors (Lipinski definition) is 4. The summed E-state index contributed by atoms with van der Waals surface area (Å²) < 4.78 is 37.3. The van der Waals surface area contributed by atoms with Crippen LogP contribution in [0.1, 0.15) is 67.8 Å². The number of carboxylic acid groups (broad SMARTS) is 3. The van der Waals surface area contributed by atoms with Gasteiger partial charge in [0, 0.05) is 34.0 Å². The number of aromatic carboxylic acids is 3. The van der Waals surface area contributed by atoms with Crippen LogP contribution in [-0.4, -0.2) is 65.1 Å². The fourth-order valence-corrected chi connectivity index (χ4v) is 5.41. The van der Waals surface area contributed by atoms with E-state index in [0.717, 1.165) is 34.6 Å². The van der Waals surface area contributed by atoms with E-state index in [2.05, 4.69) is 51.6 Å². The minimum absolute atomic E-state index is 0. The average molecular weight is 903 g/mol. The largest absolute Gasteiger partial charge is 2.00 e. The third-order valence-electron chi connectivity index (χ3n) is 7.16. The first kappa shape index (κ1) is 46.9. The van der Waals surface area contributed by atoms with Crippen molar-refractivity contribution in [1.82, 2.24) is 19.9 Å². The Morgan fingerprint density at radius 2 is 1.37 bits per heavy atom. The molecule has 0 atom stereocenters. The number of alkyl halides is 3. The van der Waals surface area contributed by atoms with Crippen LogP contribution in [-0.2, 0) is 32.1 Å². The van der Waals surface area contributed by atoms with Gasteiger partial charge in [-0.15, -0.1) is 17.0 Å². The monoisotopic (exact) mass is 903 g/mol. The van der Waals surface area contributed by atoms with Crippen molar-refractivity contribution in [3.05, 3.63) is 124 Å². The number of thiophene rings is 1. The summed E-state index contributed by atoms with van der Waals surface area (Å²) in [5.41, 5.74) is 7.02. The zero-order chi connectivity index (χ0) is 41.4. The molecule has 0 aliphatic rings. The first-order valence-electron chi connectivity index (χ1n) is 16.1. The maximum absolute atomic E-state index is 12.4. The van der Waals surface area contributed by atoms with Crippen LogP contribution >= 0.6 is 11.3 Å². The molecule has 19 heteroatoms. The van der Waals surface area contributed by atoms with Crippen molar-refractivity contribution in [2.75, 3.05) is 0 Å². The smallest absolute Gasteiger partial charge is 0.697 e. The van der Waals surface area contributed by atoms with Gasteiger partial charge in [0.05, 0.1) is 39.5 Å². The number of allylic oxidation sites excluding steroid dienone is 2. The van der Waals surface area contributed by atoms with E-state index in [-0.39, 0.29) is 64.6 Å². The number of rotatable bonds is 12. The van der Waals surface area contributed by atoms with Gasteiger partial charge in [-0.3, -0.25) is 20.4 Å². The molecule has 13 nitrogen and oxygen atoms in total. The van der Waals surface area contributed by atoms with E-state index in [9.17, 15) is 32.7 Å². The van der Waals surface area contributed by atoms with Crippen molar-refractivity contribution in [3.8, 4) is 38.6 Å². The van der Waals surface area contributed by atoms with Crippen LogP contribution < -0.4 is 0 Å². The molecule has 5 rings (SSSR count). The van der Waals surface area contributed by atoms with Crippen LogP contribution in [0.25, 0.3) is 50.7 Å². The number of nitrogens with zero attached hydrogens (tertiary/aromatic N) is 5. The Hall–Kier alpha value is -6.22. The van der Waals surface area contributed by atoms with Crippen molar-refractivity contribution >= 4 is 59.4 Å². The van der Waals surface area contributed by atoms with Gasteiger partial charge in [0.25, 0.3) is 0 Å². The van der Waals surface area contributed by atoms with Crippen LogP contribution in [0, 0.1) is 16.1 Å². The van der Waals surface area contributed by atoms with Crippen molar-refractivity contribution in [2.24, 2.45) is 0 Å². The van der Waals surface area contributed by atoms with E-state index >= 15 is 0 Å². The SMILES string of the molecule is CCCC/C=C/c1ccc(-c2ccnc(/C([NH-])=C/C(=N)C(F)(F)F)c2)s1.N#C[S-].O=C(O)c1ccnc(-c2cc(C(=O)O)cc(-c3cc(C(=O)O)ccn3)n2)c1.[Ru+2]. The Morgan fingerprint density at radius 3 is 1.86 bits per heavy atom. The predicted molar refractivity (Wildman–Crippen MR) is 207 cm³/mol. The number of nitrogens with one attached hydrogen (secondary N) is 2. The van der Waals surface area contributed by atoms with Gasteiger partial charge in [0.2, 0.25) is 0 Å². The molecule has 0 aliphatic heterocycles. The van der Waals surface area contributed by atoms with Gasteiger partial charge in [-0.2, -0.15) is 13.2 Å². The fourth-order valence-electron chi connectivity index (χ4n) is 4.47. The number of aromatic nitrogens is 4. The molecular weight excluding hydrogens is 873 g/mol. The predicted octanol–water partition coefficient (Wildman–Crippen LogP) is 9.30. The Labute approximate surface area is 346 Å². The van der Waals surface area contributed by atoms with E-state index in [0.29, 0.717) is 6.08 Å². The topological polar surface area (TPSA) is 235 Å². The number of carbonyl (C=O) groups is 3. The van der Waals surface area contributed by atoms with Crippen LogP contribution in [0.5, 0.6) is 0 Å². The molecule has 5 aromatic rings. The molecule has 294 valence electrons. The number of pyridine rings is 4. The van der Waals surface area contributed by atoms with Gasteiger partial charge in [-0.25, -0.2) is 24.6 Å². The Balaban J connectivity index is 0.000000362. The molecule has 0 fully saturated rings. The van der Waals surface area contributed by atoms with E-state index < -0.39 is 35.5 Å². The van der Waals surface area contributed by atoms with E-state index in [1.54, 1.807) is 23.5 Å². The van der Waals surface area contributed by atoms with Crippen molar-refractivity contribution in [2.45, 2.75) is 32.4 Å². The first-order valence-corrected chi connectivity index (χ1v) is 17.3. The van der Waals surface area contributed by atoms with Gasteiger partial charge in [0.1, 0.15) is 5.71 Å². The molecular formula is C38H30F3N7O6RuS2. The molecule has 0 bridgehead atoms. The second-order valence-electron chi connectivity index (χ2n) is 11.1. The van der Waals surface area contributed by atoms with Crippen LogP contribution in [0.4, 0.5) is 13.2 Å². The summed E-state index contributed by atoms with van der Waals surface area (Å²) in [6.45, 7) is 2.14. The molecule has 0 unspecified atom stereocenters. The molecule has 57 heavy (non-hydrogen) atoms. The number of nitriles is 1. The third-order valence-corrected chi connectivity index (χ3v) is 8.26. The van der Waals surface area contributed by atoms with Crippen LogP contribution in [0.3, 0.4) is 0 Å². The van der Waals surface area contributed by atoms with E-state index in [1.165, 1.54) is 60.4 Å². The maximum Gasteiger partial charge on any atom is 2.00 e. The van der Waals surface area contributed by atoms with Gasteiger partial charge in [-0.1, -0.05) is 31.2 Å². The normalized spacial score (nSPS) is 10.8. The standard InChI is InChI=1S/C19H19F3N3S.C18H11N3O6.CHNS.Ru/c1-2-3-4-5-6-14-7-8-17(26-14)13-9-10-25-16(11-13)15(23)12-18(24)19(20,21)22;22-16(23)9-1-3-19-12(5-9)14-7-11(18(26)27)8-15(21-14)13-6-10(17(24)25)2-4-20-13;2-1-3;/h5-12,23-24H,2-4H2,1H3;1-8H,(H,22,23)(H,24,25)(H,26,27);3H;/q-1;;;+2/p-1/b6-5+,15-12-,24-18?;;;. The summed E-state index contributed by atoms with van der Waals surface area (Å²) in [5.74, 6) is -3.56. The minimum atomic E-state index is -4.77. The van der Waals surface area contributed by atoms with Gasteiger partial charge in [-0.05, 0) is 84.8 Å². The van der Waals surface area contributed by atoms with Crippen LogP contribution in [0.15, 0.2) is 91.4 Å². The number of hydrogen-bond acceptors (Lipinski definition) is 11. The first-order chi connectivity index (χ1) is 26.6. The summed E-state index contributed by atoms with van der Waals surface area (Å²) in [6.07, 6.45) is 7.23. The molecule has 5 aromatic heterocycles. The summed E-state index contributed by atoms with van der Waals surface area (Å²) in [4.78, 5) is 52.1. The Morgan fingerprint density at radius 1 is 0.860 bits per heavy atom. The third kappa shape index (κ3) is 14.4. The number of thiocyanates is 1. The molecule has 0 saturated carbocycles. The van der Waals surface area contributed by atoms with Crippen molar-refractivity contribution in [1.29, 1.82) is 10.7 Å². The molecule has 5 heterocycles. The van der Waals surface area contributed by atoms with Crippen molar-refractivity contribution < 1.29 is 62.4 Å². The summed E-state index contributed by atoms with van der Waals surface area (Å²) in [7, 11) is 0. The fraction of sp³-hybridized carbons (Fsp3) is 0.132. The molecule has 0 aliphatic carbocycles. The molecule has 0 amide bonds. The molecule has 0 aromatic carbocycles. The molecule has 0 saturated heterocycles. The van der Waals surface area contributed by atoms with Crippen LogP contribution in [0.2, 0.25) is 0 Å². The Bertz CT molecular complexity index is 2250. The van der Waals surface area contributed by atoms with E-state index in [4.69, 9.17) is 26.6 Å². The molecule has 5 N–H and O–H groups in total. The maximum atomic E-state index is 12.4. The quantitative estimate of drug-likeness (QED) is 0.0301. The second kappa shape index (κ2) is 22.4. The summed E-state index contributed by atoms with van der Waals surface area (Å²) in [5, 5.41) is 43.0. The number of halogens is 3. The van der Waals surface area contributed by atoms with Crippen molar-refractivity contribution in [3.63, 3.8) is 0 Å². The molecule has 0 spiro atoms. The Kier molecular flexibility index (Phi) is 18.4. The van der Waals surface area contributed by atoms with E-state index in [1.807, 2.05) is 12.1 Å². The zero-order valence-electron chi connectivity index (χ0n) is 29.5.